The van der Waals surface area contributed by atoms with Crippen LogP contribution >= 0.6 is 11.6 Å². The van der Waals surface area contributed by atoms with Gasteiger partial charge in [-0.05, 0) is 55.3 Å². The Morgan fingerprint density at radius 1 is 1.00 bits per heavy atom. The molecule has 1 heterocycles. The maximum atomic E-state index is 13.9. The number of benzene rings is 3. The lowest BCUT2D eigenvalue weighted by atomic mass is 9.75. The zero-order valence-corrected chi connectivity index (χ0v) is 20.1. The van der Waals surface area contributed by atoms with Gasteiger partial charge in [-0.15, -0.1) is 0 Å². The molecule has 0 amide bonds. The molecular weight excluding hydrogens is 450 g/mol. The van der Waals surface area contributed by atoms with Gasteiger partial charge >= 0.3 is 5.97 Å². The third kappa shape index (κ3) is 4.40. The molecule has 0 aromatic heterocycles. The summed E-state index contributed by atoms with van der Waals surface area (Å²) in [5.41, 5.74) is 1.09. The third-order valence-corrected chi connectivity index (χ3v) is 6.75. The molecule has 1 saturated heterocycles. The van der Waals surface area contributed by atoms with Gasteiger partial charge in [-0.3, -0.25) is 4.79 Å². The molecule has 3 aromatic rings. The predicted molar refractivity (Wildman–Crippen MR) is 134 cm³/mol. The van der Waals surface area contributed by atoms with E-state index in [0.717, 1.165) is 17.0 Å². The number of hydrogen-bond donors (Lipinski definition) is 0. The first-order valence-corrected chi connectivity index (χ1v) is 11.8. The molecule has 176 valence electrons. The smallest absolute Gasteiger partial charge is 0.337 e. The highest BCUT2D eigenvalue weighted by atomic mass is 35.5. The lowest BCUT2D eigenvalue weighted by molar-refractivity contribution is -0.151. The average Bonchev–Trinajstić information content (AvgIpc) is 3.25. The Labute approximate surface area is 205 Å². The molecule has 0 saturated carbocycles. The first-order chi connectivity index (χ1) is 16.5. The molecule has 1 fully saturated rings. The largest absolute Gasteiger partial charge is 0.497 e. The zero-order chi connectivity index (χ0) is 24.1. The van der Waals surface area contributed by atoms with Gasteiger partial charge in [-0.1, -0.05) is 54.1 Å². The standard InChI is InChI=1S/C28H28ClNO4/c1-3-34-27(32)28(21-9-11-23(29)12-10-21)22(19-26(31)20-7-5-4-6-8-20)17-18-30(28)24-13-15-25(33-2)16-14-24/h4-16,22H,3,17-19H2,1-2H3/t22-,28-/m0/s1. The Morgan fingerprint density at radius 2 is 1.68 bits per heavy atom. The van der Waals surface area contributed by atoms with Crippen LogP contribution in [0.25, 0.3) is 0 Å². The number of methoxy groups -OCH3 is 1. The summed E-state index contributed by atoms with van der Waals surface area (Å²) in [7, 11) is 1.62. The molecule has 0 radical (unpaired) electrons. The van der Waals surface area contributed by atoms with Crippen LogP contribution in [-0.4, -0.2) is 32.0 Å². The van der Waals surface area contributed by atoms with Gasteiger partial charge in [-0.25, -0.2) is 4.79 Å². The van der Waals surface area contributed by atoms with Crippen LogP contribution in [0, 0.1) is 5.92 Å². The Bertz CT molecular complexity index is 1130. The second kappa shape index (κ2) is 10.3. The van der Waals surface area contributed by atoms with Gasteiger partial charge in [0.25, 0.3) is 0 Å². The Morgan fingerprint density at radius 3 is 2.29 bits per heavy atom. The summed E-state index contributed by atoms with van der Waals surface area (Å²) >= 11 is 6.19. The maximum absolute atomic E-state index is 13.9. The highest BCUT2D eigenvalue weighted by Crippen LogP contribution is 2.49. The van der Waals surface area contributed by atoms with Gasteiger partial charge < -0.3 is 14.4 Å². The lowest BCUT2D eigenvalue weighted by Gasteiger charge is -2.41. The van der Waals surface area contributed by atoms with Crippen LogP contribution in [0.3, 0.4) is 0 Å². The molecule has 2 atom stereocenters. The minimum atomic E-state index is -1.17. The number of hydrogen-bond acceptors (Lipinski definition) is 5. The fraction of sp³-hybridized carbons (Fsp3) is 0.286. The quantitative estimate of drug-likeness (QED) is 0.298. The first-order valence-electron chi connectivity index (χ1n) is 11.4. The molecule has 5 nitrogen and oxygen atoms in total. The van der Waals surface area contributed by atoms with Gasteiger partial charge in [0, 0.05) is 35.2 Å². The van der Waals surface area contributed by atoms with Crippen molar-refractivity contribution in [2.45, 2.75) is 25.3 Å². The fourth-order valence-corrected chi connectivity index (χ4v) is 5.06. The molecule has 0 unspecified atom stereocenters. The van der Waals surface area contributed by atoms with E-state index in [9.17, 15) is 9.59 Å². The summed E-state index contributed by atoms with van der Waals surface area (Å²) in [6.45, 7) is 2.63. The Hall–Kier alpha value is -3.31. The second-order valence-corrected chi connectivity index (χ2v) is 8.76. The molecule has 0 bridgehead atoms. The number of halogens is 1. The number of nitrogens with zero attached hydrogens (tertiary/aromatic N) is 1. The van der Waals surface area contributed by atoms with Gasteiger partial charge in [0.1, 0.15) is 5.75 Å². The average molecular weight is 478 g/mol. The van der Waals surface area contributed by atoms with Crippen LogP contribution in [0.4, 0.5) is 5.69 Å². The van der Waals surface area contributed by atoms with Gasteiger partial charge in [0.2, 0.25) is 0 Å². The van der Waals surface area contributed by atoms with Crippen molar-refractivity contribution in [1.29, 1.82) is 0 Å². The lowest BCUT2D eigenvalue weighted by Crippen LogP contribution is -2.53. The summed E-state index contributed by atoms with van der Waals surface area (Å²) in [5.74, 6) is 0.0795. The van der Waals surface area contributed by atoms with E-state index in [-0.39, 0.29) is 30.7 Å². The van der Waals surface area contributed by atoms with E-state index in [1.165, 1.54) is 0 Å². The van der Waals surface area contributed by atoms with Crippen molar-refractivity contribution in [1.82, 2.24) is 0 Å². The van der Waals surface area contributed by atoms with Crippen molar-refractivity contribution in [2.24, 2.45) is 5.92 Å². The van der Waals surface area contributed by atoms with E-state index < -0.39 is 5.54 Å². The van der Waals surface area contributed by atoms with Gasteiger partial charge in [0.05, 0.1) is 13.7 Å². The highest BCUT2D eigenvalue weighted by Gasteiger charge is 2.57. The van der Waals surface area contributed by atoms with E-state index in [4.69, 9.17) is 21.1 Å². The fourth-order valence-electron chi connectivity index (χ4n) is 4.93. The monoisotopic (exact) mass is 477 g/mol. The Balaban J connectivity index is 1.84. The third-order valence-electron chi connectivity index (χ3n) is 6.50. The summed E-state index contributed by atoms with van der Waals surface area (Å²) < 4.78 is 11.0. The summed E-state index contributed by atoms with van der Waals surface area (Å²) in [6.07, 6.45) is 0.879. The van der Waals surface area contributed by atoms with Crippen molar-refractivity contribution in [2.75, 3.05) is 25.2 Å². The second-order valence-electron chi connectivity index (χ2n) is 8.32. The number of ether oxygens (including phenoxy) is 2. The van der Waals surface area contributed by atoms with E-state index >= 15 is 0 Å². The van der Waals surface area contributed by atoms with Gasteiger partial charge in [-0.2, -0.15) is 0 Å². The SMILES string of the molecule is CCOC(=O)[C@]1(c2ccc(Cl)cc2)[C@H](CC(=O)c2ccccc2)CCN1c1ccc(OC)cc1. The molecule has 0 spiro atoms. The van der Waals surface area contributed by atoms with Crippen LogP contribution in [0.2, 0.25) is 5.02 Å². The molecule has 3 aromatic carbocycles. The number of esters is 1. The molecule has 6 heteroatoms. The number of anilines is 1. The predicted octanol–water partition coefficient (Wildman–Crippen LogP) is 5.91. The molecule has 4 rings (SSSR count). The molecule has 0 N–H and O–H groups in total. The Kier molecular flexibility index (Phi) is 7.23. The molecule has 1 aliphatic rings. The van der Waals surface area contributed by atoms with Crippen LogP contribution in [0.5, 0.6) is 5.75 Å². The van der Waals surface area contributed by atoms with Crippen molar-refractivity contribution in [3.05, 3.63) is 95.0 Å². The maximum Gasteiger partial charge on any atom is 0.337 e. The number of carbonyl (C=O) groups excluding carboxylic acids is 2. The number of Topliss-reactive ketones (excluding diaryl/α,β-unsaturated/α-hetero) is 1. The van der Waals surface area contributed by atoms with Gasteiger partial charge in [0.15, 0.2) is 11.3 Å². The minimum absolute atomic E-state index is 0.00446. The van der Waals surface area contributed by atoms with Crippen LogP contribution in [0.15, 0.2) is 78.9 Å². The van der Waals surface area contributed by atoms with E-state index in [1.54, 1.807) is 26.2 Å². The summed E-state index contributed by atoms with van der Waals surface area (Å²) in [6, 6.07) is 24.1. The van der Waals surface area contributed by atoms with Crippen molar-refractivity contribution < 1.29 is 19.1 Å². The minimum Gasteiger partial charge on any atom is -0.497 e. The van der Waals surface area contributed by atoms with E-state index in [1.807, 2.05) is 66.7 Å². The van der Waals surface area contributed by atoms with Crippen LogP contribution in [0.1, 0.15) is 35.7 Å². The topological polar surface area (TPSA) is 55.8 Å². The molecule has 1 aliphatic heterocycles. The summed E-state index contributed by atoms with van der Waals surface area (Å²) in [4.78, 5) is 29.2. The number of carbonyl (C=O) groups is 2. The van der Waals surface area contributed by atoms with Crippen LogP contribution < -0.4 is 9.64 Å². The van der Waals surface area contributed by atoms with Crippen molar-refractivity contribution in [3.63, 3.8) is 0 Å². The van der Waals surface area contributed by atoms with Crippen molar-refractivity contribution >= 4 is 29.0 Å². The molecule has 0 aliphatic carbocycles. The van der Waals surface area contributed by atoms with E-state index in [2.05, 4.69) is 4.90 Å². The van der Waals surface area contributed by atoms with E-state index in [0.29, 0.717) is 23.6 Å². The molecule has 34 heavy (non-hydrogen) atoms. The zero-order valence-electron chi connectivity index (χ0n) is 19.4. The van der Waals surface area contributed by atoms with Crippen LogP contribution in [-0.2, 0) is 15.1 Å². The number of ketones is 1. The van der Waals surface area contributed by atoms with Crippen molar-refractivity contribution in [3.8, 4) is 5.75 Å². The highest BCUT2D eigenvalue weighted by molar-refractivity contribution is 6.30. The molecular formula is C28H28ClNO4. The number of rotatable bonds is 8. The first kappa shape index (κ1) is 23.8. The normalized spacial score (nSPS) is 19.6. The summed E-state index contributed by atoms with van der Waals surface area (Å²) in [5, 5.41) is 0.577.